The third-order valence-corrected chi connectivity index (χ3v) is 2.04. The molecule has 0 aliphatic rings. The summed E-state index contributed by atoms with van der Waals surface area (Å²) in [6, 6.07) is 4.24. The van der Waals surface area contributed by atoms with E-state index in [2.05, 4.69) is 0 Å². The minimum Gasteiger partial charge on any atom is -0.490 e. The van der Waals surface area contributed by atoms with Crippen molar-refractivity contribution < 1.29 is 19.0 Å². The topological polar surface area (TPSA) is 72.6 Å². The van der Waals surface area contributed by atoms with Gasteiger partial charge in [0.25, 0.3) is 5.91 Å². The van der Waals surface area contributed by atoms with Gasteiger partial charge in [-0.2, -0.15) is 0 Å². The van der Waals surface area contributed by atoms with Crippen molar-refractivity contribution >= 4 is 5.91 Å². The lowest BCUT2D eigenvalue weighted by Crippen LogP contribution is -2.14. The van der Waals surface area contributed by atoms with Gasteiger partial charge in [0, 0.05) is 6.61 Å². The number of amides is 1. The zero-order valence-corrected chi connectivity index (χ0v) is 8.78. The molecule has 0 aliphatic heterocycles. The van der Waals surface area contributed by atoms with Crippen LogP contribution in [0.2, 0.25) is 0 Å². The Labute approximate surface area is 92.8 Å². The Balaban J connectivity index is 2.66. The monoisotopic (exact) mass is 227 g/mol. The van der Waals surface area contributed by atoms with Crippen molar-refractivity contribution in [3.8, 4) is 5.75 Å². The van der Waals surface area contributed by atoms with Crippen molar-refractivity contribution in [2.24, 2.45) is 5.73 Å². The molecule has 5 heteroatoms. The SMILES string of the molecule is NC(=O)c1cccc(OCCCCO)c1F. The van der Waals surface area contributed by atoms with Crippen molar-refractivity contribution in [3.63, 3.8) is 0 Å². The Bertz CT molecular complexity index is 368. The Kier molecular flexibility index (Phi) is 4.72. The number of unbranched alkanes of at least 4 members (excludes halogenated alkanes) is 1. The molecule has 1 aromatic carbocycles. The van der Waals surface area contributed by atoms with Gasteiger partial charge in [-0.05, 0) is 25.0 Å². The summed E-state index contributed by atoms with van der Waals surface area (Å²) in [7, 11) is 0. The van der Waals surface area contributed by atoms with E-state index in [0.29, 0.717) is 19.4 Å². The molecule has 0 spiro atoms. The van der Waals surface area contributed by atoms with Crippen LogP contribution in [0.1, 0.15) is 23.2 Å². The molecule has 0 unspecified atom stereocenters. The Morgan fingerprint density at radius 3 is 2.81 bits per heavy atom. The summed E-state index contributed by atoms with van der Waals surface area (Å²) in [4.78, 5) is 10.8. The first kappa shape index (κ1) is 12.4. The molecule has 16 heavy (non-hydrogen) atoms. The van der Waals surface area contributed by atoms with Crippen LogP contribution in [0.25, 0.3) is 0 Å². The van der Waals surface area contributed by atoms with E-state index in [0.717, 1.165) is 0 Å². The second kappa shape index (κ2) is 6.07. The van der Waals surface area contributed by atoms with E-state index >= 15 is 0 Å². The van der Waals surface area contributed by atoms with Gasteiger partial charge in [-0.3, -0.25) is 4.79 Å². The summed E-state index contributed by atoms with van der Waals surface area (Å²) in [6.45, 7) is 0.368. The average Bonchev–Trinajstić information content (AvgIpc) is 2.26. The molecule has 0 heterocycles. The van der Waals surface area contributed by atoms with E-state index in [1.54, 1.807) is 0 Å². The molecule has 0 saturated carbocycles. The molecule has 1 aromatic rings. The van der Waals surface area contributed by atoms with Crippen LogP contribution in [0.5, 0.6) is 5.75 Å². The molecule has 0 aliphatic carbocycles. The summed E-state index contributed by atoms with van der Waals surface area (Å²) in [5.74, 6) is -1.55. The minimum absolute atomic E-state index is 0.00856. The maximum Gasteiger partial charge on any atom is 0.251 e. The van der Waals surface area contributed by atoms with E-state index < -0.39 is 11.7 Å². The van der Waals surface area contributed by atoms with Gasteiger partial charge >= 0.3 is 0 Å². The number of primary amides is 1. The van der Waals surface area contributed by atoms with E-state index in [1.165, 1.54) is 18.2 Å². The van der Waals surface area contributed by atoms with Gasteiger partial charge in [0.15, 0.2) is 11.6 Å². The lowest BCUT2D eigenvalue weighted by molar-refractivity contribution is 0.0995. The van der Waals surface area contributed by atoms with Crippen LogP contribution in [-0.4, -0.2) is 24.2 Å². The van der Waals surface area contributed by atoms with Gasteiger partial charge in [0.1, 0.15) is 0 Å². The minimum atomic E-state index is -0.821. The molecule has 4 nitrogen and oxygen atoms in total. The first-order valence-corrected chi connectivity index (χ1v) is 4.98. The molecule has 3 N–H and O–H groups in total. The fourth-order valence-electron chi connectivity index (χ4n) is 1.21. The third-order valence-electron chi connectivity index (χ3n) is 2.04. The lowest BCUT2D eigenvalue weighted by Gasteiger charge is -2.08. The van der Waals surface area contributed by atoms with Crippen LogP contribution in [0.15, 0.2) is 18.2 Å². The van der Waals surface area contributed by atoms with E-state index in [1.807, 2.05) is 0 Å². The van der Waals surface area contributed by atoms with Gasteiger partial charge in [0.05, 0.1) is 12.2 Å². The molecule has 0 saturated heterocycles. The van der Waals surface area contributed by atoms with Crippen molar-refractivity contribution in [3.05, 3.63) is 29.6 Å². The second-order valence-electron chi connectivity index (χ2n) is 3.26. The highest BCUT2D eigenvalue weighted by molar-refractivity contribution is 5.93. The number of aliphatic hydroxyl groups is 1. The van der Waals surface area contributed by atoms with Crippen LogP contribution < -0.4 is 10.5 Å². The molecule has 88 valence electrons. The van der Waals surface area contributed by atoms with Crippen LogP contribution in [0.4, 0.5) is 4.39 Å². The van der Waals surface area contributed by atoms with Crippen molar-refractivity contribution in [1.82, 2.24) is 0 Å². The van der Waals surface area contributed by atoms with Gasteiger partial charge in [-0.25, -0.2) is 4.39 Å². The molecular formula is C11H14FNO3. The molecule has 1 rings (SSSR count). The predicted octanol–water partition coefficient (Wildman–Crippen LogP) is 1.08. The lowest BCUT2D eigenvalue weighted by atomic mass is 10.2. The van der Waals surface area contributed by atoms with Crippen LogP contribution in [0, 0.1) is 5.82 Å². The molecule has 0 radical (unpaired) electrons. The maximum absolute atomic E-state index is 13.6. The summed E-state index contributed by atoms with van der Waals surface area (Å²) >= 11 is 0. The molecule has 0 aromatic heterocycles. The normalized spacial score (nSPS) is 10.1. The molecule has 1 amide bonds. The summed E-state index contributed by atoms with van der Waals surface area (Å²) in [5.41, 5.74) is 4.81. The highest BCUT2D eigenvalue weighted by Crippen LogP contribution is 2.20. The number of halogens is 1. The Morgan fingerprint density at radius 1 is 1.44 bits per heavy atom. The average molecular weight is 227 g/mol. The number of rotatable bonds is 6. The molecule has 0 bridgehead atoms. The number of carbonyl (C=O) groups excluding carboxylic acids is 1. The first-order valence-electron chi connectivity index (χ1n) is 4.98. The predicted molar refractivity (Wildman–Crippen MR) is 56.7 cm³/mol. The number of ether oxygens (including phenoxy) is 1. The number of hydrogen-bond acceptors (Lipinski definition) is 3. The number of nitrogens with two attached hydrogens (primary N) is 1. The number of carbonyl (C=O) groups is 1. The van der Waals surface area contributed by atoms with E-state index in [4.69, 9.17) is 15.6 Å². The van der Waals surface area contributed by atoms with Crippen LogP contribution in [0.3, 0.4) is 0 Å². The smallest absolute Gasteiger partial charge is 0.251 e. The third kappa shape index (κ3) is 3.20. The summed E-state index contributed by atoms with van der Waals surface area (Å²) in [5, 5.41) is 8.54. The highest BCUT2D eigenvalue weighted by atomic mass is 19.1. The summed E-state index contributed by atoms with van der Waals surface area (Å²) < 4.78 is 18.7. The zero-order valence-electron chi connectivity index (χ0n) is 8.78. The maximum atomic E-state index is 13.6. The van der Waals surface area contributed by atoms with Crippen LogP contribution in [-0.2, 0) is 0 Å². The first-order chi connectivity index (χ1) is 7.66. The fraction of sp³-hybridized carbons (Fsp3) is 0.364. The number of hydrogen-bond donors (Lipinski definition) is 2. The van der Waals surface area contributed by atoms with Crippen LogP contribution >= 0.6 is 0 Å². The summed E-state index contributed by atoms with van der Waals surface area (Å²) in [6.07, 6.45) is 1.22. The number of aliphatic hydroxyl groups excluding tert-OH is 1. The van der Waals surface area contributed by atoms with Crippen molar-refractivity contribution in [2.45, 2.75) is 12.8 Å². The Morgan fingerprint density at radius 2 is 2.19 bits per heavy atom. The quantitative estimate of drug-likeness (QED) is 0.714. The van der Waals surface area contributed by atoms with Gasteiger partial charge in [-0.15, -0.1) is 0 Å². The highest BCUT2D eigenvalue weighted by Gasteiger charge is 2.12. The standard InChI is InChI=1S/C11H14FNO3/c12-10-8(11(13)15)4-3-5-9(10)16-7-2-1-6-14/h3-5,14H,1-2,6-7H2,(H2,13,15). The Hall–Kier alpha value is -1.62. The molecule has 0 atom stereocenters. The largest absolute Gasteiger partial charge is 0.490 e. The fourth-order valence-corrected chi connectivity index (χ4v) is 1.21. The van der Waals surface area contributed by atoms with Crippen molar-refractivity contribution in [1.29, 1.82) is 0 Å². The molecular weight excluding hydrogens is 213 g/mol. The van der Waals surface area contributed by atoms with Gasteiger partial charge in [0.2, 0.25) is 0 Å². The van der Waals surface area contributed by atoms with Crippen molar-refractivity contribution in [2.75, 3.05) is 13.2 Å². The zero-order chi connectivity index (χ0) is 12.0. The molecule has 0 fully saturated rings. The van der Waals surface area contributed by atoms with E-state index in [-0.39, 0.29) is 17.9 Å². The second-order valence-corrected chi connectivity index (χ2v) is 3.26. The van der Waals surface area contributed by atoms with Gasteiger partial charge in [-0.1, -0.05) is 6.07 Å². The number of benzene rings is 1. The van der Waals surface area contributed by atoms with Gasteiger partial charge < -0.3 is 15.6 Å². The van der Waals surface area contributed by atoms with E-state index in [9.17, 15) is 9.18 Å².